The summed E-state index contributed by atoms with van der Waals surface area (Å²) in [5, 5.41) is 0. The molecule has 1 aromatic rings. The molecule has 2 atom stereocenters. The van der Waals surface area contributed by atoms with Gasteiger partial charge in [0.1, 0.15) is 5.75 Å². The van der Waals surface area contributed by atoms with Crippen LogP contribution >= 0.6 is 0 Å². The number of halogens is 1. The maximum absolute atomic E-state index is 12.8. The minimum absolute atomic E-state index is 0.492. The van der Waals surface area contributed by atoms with Gasteiger partial charge in [-0.05, 0) is 30.7 Å². The van der Waals surface area contributed by atoms with Crippen LogP contribution in [0.3, 0.4) is 0 Å². The smallest absolute Gasteiger partial charge is 0.216 e. The van der Waals surface area contributed by atoms with Crippen molar-refractivity contribution in [3.05, 3.63) is 36.4 Å². The van der Waals surface area contributed by atoms with Gasteiger partial charge in [-0.25, -0.2) is 4.98 Å². The Morgan fingerprint density at radius 2 is 2.25 bits per heavy atom. The fourth-order valence-corrected chi connectivity index (χ4v) is 1.92. The first-order valence-electron chi connectivity index (χ1n) is 5.65. The van der Waals surface area contributed by atoms with Gasteiger partial charge < -0.3 is 4.74 Å². The average Bonchev–Trinajstić information content (AvgIpc) is 2.28. The Balaban J connectivity index is 1.89. The second-order valence-corrected chi connectivity index (χ2v) is 4.31. The zero-order chi connectivity index (χ0) is 11.4. The molecule has 1 aromatic heterocycles. The van der Waals surface area contributed by atoms with Crippen LogP contribution in [0, 0.1) is 17.8 Å². The number of nitrogens with zero attached hydrogens (tertiary/aromatic N) is 1. The lowest BCUT2D eigenvalue weighted by Crippen LogP contribution is -2.21. The second kappa shape index (κ2) is 5.10. The number of rotatable bonds is 3. The molecule has 16 heavy (non-hydrogen) atoms. The van der Waals surface area contributed by atoms with Crippen LogP contribution in [0.5, 0.6) is 5.75 Å². The van der Waals surface area contributed by atoms with Crippen molar-refractivity contribution in [2.75, 3.05) is 6.61 Å². The van der Waals surface area contributed by atoms with E-state index in [1.54, 1.807) is 6.07 Å². The first kappa shape index (κ1) is 11.1. The number of hydrogen-bond acceptors (Lipinski definition) is 2. The summed E-state index contributed by atoms with van der Waals surface area (Å²) in [6.45, 7) is 2.87. The summed E-state index contributed by atoms with van der Waals surface area (Å²) in [6.07, 6.45) is 8.00. The molecule has 0 amide bonds. The average molecular weight is 221 g/mol. The molecule has 0 bridgehead atoms. The number of allylic oxidation sites excluding steroid dienone is 2. The van der Waals surface area contributed by atoms with E-state index in [2.05, 4.69) is 24.1 Å². The van der Waals surface area contributed by atoms with Gasteiger partial charge in [-0.3, -0.25) is 0 Å². The van der Waals surface area contributed by atoms with Gasteiger partial charge in [0.05, 0.1) is 6.61 Å². The van der Waals surface area contributed by atoms with E-state index in [1.807, 2.05) is 0 Å². The third-order valence-corrected chi connectivity index (χ3v) is 3.08. The molecule has 0 N–H and O–H groups in total. The van der Waals surface area contributed by atoms with Crippen molar-refractivity contribution in [3.8, 4) is 5.75 Å². The summed E-state index contributed by atoms with van der Waals surface area (Å²) < 4.78 is 18.4. The van der Waals surface area contributed by atoms with Gasteiger partial charge in [0, 0.05) is 12.3 Å². The van der Waals surface area contributed by atoms with Gasteiger partial charge >= 0.3 is 0 Å². The van der Waals surface area contributed by atoms with Crippen molar-refractivity contribution < 1.29 is 9.13 Å². The van der Waals surface area contributed by atoms with Gasteiger partial charge in [-0.15, -0.1) is 0 Å². The van der Waals surface area contributed by atoms with Crippen molar-refractivity contribution in [2.45, 2.75) is 19.8 Å². The highest BCUT2D eigenvalue weighted by atomic mass is 19.1. The van der Waals surface area contributed by atoms with Gasteiger partial charge in [-0.1, -0.05) is 19.1 Å². The summed E-state index contributed by atoms with van der Waals surface area (Å²) in [4.78, 5) is 3.49. The topological polar surface area (TPSA) is 22.1 Å². The molecule has 0 saturated carbocycles. The van der Waals surface area contributed by atoms with Crippen molar-refractivity contribution in [2.24, 2.45) is 11.8 Å². The third kappa shape index (κ3) is 2.81. The van der Waals surface area contributed by atoms with Crippen molar-refractivity contribution >= 4 is 0 Å². The maximum Gasteiger partial charge on any atom is 0.216 e. The molecule has 2 nitrogen and oxygen atoms in total. The Morgan fingerprint density at radius 1 is 1.44 bits per heavy atom. The first-order chi connectivity index (χ1) is 7.75. The summed E-state index contributed by atoms with van der Waals surface area (Å²) in [5.41, 5.74) is 0. The molecule has 0 radical (unpaired) electrons. The van der Waals surface area contributed by atoms with Crippen molar-refractivity contribution in [3.63, 3.8) is 0 Å². The number of hydrogen-bond donors (Lipinski definition) is 0. The molecular formula is C13H16FNO. The maximum atomic E-state index is 12.8. The Labute approximate surface area is 95.2 Å². The van der Waals surface area contributed by atoms with E-state index >= 15 is 0 Å². The molecule has 0 aromatic carbocycles. The fraction of sp³-hybridized carbons (Fsp3) is 0.462. The van der Waals surface area contributed by atoms with Crippen LogP contribution in [-0.2, 0) is 0 Å². The zero-order valence-corrected chi connectivity index (χ0v) is 9.40. The van der Waals surface area contributed by atoms with E-state index in [1.165, 1.54) is 12.3 Å². The van der Waals surface area contributed by atoms with Crippen LogP contribution in [0.25, 0.3) is 0 Å². The molecule has 0 saturated heterocycles. The molecule has 1 heterocycles. The van der Waals surface area contributed by atoms with Gasteiger partial charge in [0.2, 0.25) is 5.95 Å². The van der Waals surface area contributed by atoms with Crippen LogP contribution in [0.15, 0.2) is 30.5 Å². The minimum Gasteiger partial charge on any atom is -0.493 e. The Morgan fingerprint density at radius 3 is 3.00 bits per heavy atom. The standard InChI is InChI=1S/C13H16FNO/c1-10-4-2-3-5-11(10)9-16-12-6-7-15-13(14)8-12/h2-3,6-8,10-11H,4-5,9H2,1H3. The SMILES string of the molecule is CC1CC=CCC1COc1ccnc(F)c1. The van der Waals surface area contributed by atoms with Gasteiger partial charge in [-0.2, -0.15) is 4.39 Å². The Kier molecular flexibility index (Phi) is 3.54. The lowest BCUT2D eigenvalue weighted by atomic mass is 9.85. The van der Waals surface area contributed by atoms with Crippen LogP contribution < -0.4 is 4.74 Å². The second-order valence-electron chi connectivity index (χ2n) is 4.31. The van der Waals surface area contributed by atoms with Crippen LogP contribution in [0.4, 0.5) is 4.39 Å². The van der Waals surface area contributed by atoms with E-state index in [4.69, 9.17) is 4.74 Å². The zero-order valence-electron chi connectivity index (χ0n) is 9.40. The number of aromatic nitrogens is 1. The predicted octanol–water partition coefficient (Wildman–Crippen LogP) is 3.20. The van der Waals surface area contributed by atoms with Crippen LogP contribution in [0.2, 0.25) is 0 Å². The van der Waals surface area contributed by atoms with Crippen molar-refractivity contribution in [1.29, 1.82) is 0 Å². The monoisotopic (exact) mass is 221 g/mol. The van der Waals surface area contributed by atoms with E-state index in [0.717, 1.165) is 12.8 Å². The van der Waals surface area contributed by atoms with E-state index < -0.39 is 5.95 Å². The molecule has 1 aliphatic rings. The first-order valence-corrected chi connectivity index (χ1v) is 5.65. The Bertz CT molecular complexity index is 378. The highest BCUT2D eigenvalue weighted by Crippen LogP contribution is 2.25. The number of pyridine rings is 1. The molecule has 0 fully saturated rings. The summed E-state index contributed by atoms with van der Waals surface area (Å²) in [7, 11) is 0. The summed E-state index contributed by atoms with van der Waals surface area (Å²) in [5.74, 6) is 1.24. The fourth-order valence-electron chi connectivity index (χ4n) is 1.92. The van der Waals surface area contributed by atoms with E-state index in [-0.39, 0.29) is 0 Å². The normalized spacial score (nSPS) is 24.4. The van der Waals surface area contributed by atoms with Crippen LogP contribution in [-0.4, -0.2) is 11.6 Å². The lowest BCUT2D eigenvalue weighted by molar-refractivity contribution is 0.197. The molecular weight excluding hydrogens is 205 g/mol. The summed E-state index contributed by atoms with van der Waals surface area (Å²) in [6, 6.07) is 3.01. The van der Waals surface area contributed by atoms with Crippen molar-refractivity contribution in [1.82, 2.24) is 4.98 Å². The third-order valence-electron chi connectivity index (χ3n) is 3.08. The highest BCUT2D eigenvalue weighted by molar-refractivity contribution is 5.17. The Hall–Kier alpha value is -1.38. The molecule has 3 heteroatoms. The van der Waals surface area contributed by atoms with Crippen LogP contribution in [0.1, 0.15) is 19.8 Å². The molecule has 0 spiro atoms. The summed E-state index contributed by atoms with van der Waals surface area (Å²) >= 11 is 0. The van der Waals surface area contributed by atoms with E-state index in [0.29, 0.717) is 24.2 Å². The van der Waals surface area contributed by atoms with Gasteiger partial charge in [0.25, 0.3) is 0 Å². The molecule has 2 unspecified atom stereocenters. The van der Waals surface area contributed by atoms with Gasteiger partial charge in [0.15, 0.2) is 0 Å². The quantitative estimate of drug-likeness (QED) is 0.577. The molecule has 0 aliphatic heterocycles. The van der Waals surface area contributed by atoms with E-state index in [9.17, 15) is 4.39 Å². The lowest BCUT2D eigenvalue weighted by Gasteiger charge is -2.25. The highest BCUT2D eigenvalue weighted by Gasteiger charge is 2.18. The minimum atomic E-state index is -0.492. The predicted molar refractivity (Wildman–Crippen MR) is 60.7 cm³/mol. The molecule has 2 rings (SSSR count). The molecule has 1 aliphatic carbocycles. The largest absolute Gasteiger partial charge is 0.493 e. The molecule has 86 valence electrons. The number of ether oxygens (including phenoxy) is 1.